The van der Waals surface area contributed by atoms with E-state index in [4.69, 9.17) is 9.47 Å². The van der Waals surface area contributed by atoms with Crippen LogP contribution >= 0.6 is 0 Å². The molecular formula is C18H19FN2O4. The quantitative estimate of drug-likeness (QED) is 0.688. The van der Waals surface area contributed by atoms with Gasteiger partial charge in [0, 0.05) is 18.8 Å². The first-order valence-corrected chi connectivity index (χ1v) is 7.84. The zero-order valence-electron chi connectivity index (χ0n) is 13.9. The summed E-state index contributed by atoms with van der Waals surface area (Å²) in [5.74, 6) is -0.276. The van der Waals surface area contributed by atoms with Crippen molar-refractivity contribution in [2.75, 3.05) is 13.2 Å². The van der Waals surface area contributed by atoms with Gasteiger partial charge in [0.2, 0.25) is 5.88 Å². The molecule has 0 bridgehead atoms. The minimum Gasteiger partial charge on any atom is -0.478 e. The highest BCUT2D eigenvalue weighted by atomic mass is 19.1. The number of esters is 1. The van der Waals surface area contributed by atoms with Crippen molar-refractivity contribution in [2.24, 2.45) is 0 Å². The number of benzene rings is 1. The van der Waals surface area contributed by atoms with Crippen LogP contribution < -0.4 is 10.4 Å². The van der Waals surface area contributed by atoms with Gasteiger partial charge in [-0.15, -0.1) is 0 Å². The third-order valence-corrected chi connectivity index (χ3v) is 3.37. The Hall–Kier alpha value is -2.96. The maximum absolute atomic E-state index is 13.0. The Morgan fingerprint density at radius 3 is 2.68 bits per heavy atom. The lowest BCUT2D eigenvalue weighted by Crippen LogP contribution is -2.23. The van der Waals surface area contributed by atoms with E-state index in [0.29, 0.717) is 18.5 Å². The topological polar surface area (TPSA) is 70.4 Å². The van der Waals surface area contributed by atoms with Crippen molar-refractivity contribution < 1.29 is 18.7 Å². The van der Waals surface area contributed by atoms with Crippen LogP contribution in [0.2, 0.25) is 0 Å². The molecular weight excluding hydrogens is 327 g/mol. The second-order valence-electron chi connectivity index (χ2n) is 5.13. The molecule has 0 fully saturated rings. The number of carbonyl (C=O) groups excluding carboxylic acids is 1. The van der Waals surface area contributed by atoms with Gasteiger partial charge in [0.05, 0.1) is 18.5 Å². The van der Waals surface area contributed by atoms with E-state index in [2.05, 4.69) is 4.98 Å². The number of hydrogen-bond acceptors (Lipinski definition) is 5. The van der Waals surface area contributed by atoms with E-state index in [1.165, 1.54) is 10.8 Å². The van der Waals surface area contributed by atoms with E-state index in [0.717, 1.165) is 0 Å². The molecule has 0 saturated carbocycles. The lowest BCUT2D eigenvalue weighted by molar-refractivity contribution is 0.0536. The molecule has 132 valence electrons. The molecule has 0 aliphatic rings. The number of aromatic nitrogens is 2. The normalized spacial score (nSPS) is 11.2. The summed E-state index contributed by atoms with van der Waals surface area (Å²) < 4.78 is 24.6. The first-order chi connectivity index (χ1) is 12.1. The highest BCUT2D eigenvalue weighted by Gasteiger charge is 2.09. The highest BCUT2D eigenvalue weighted by Crippen LogP contribution is 2.08. The first kappa shape index (κ1) is 18.4. The second kappa shape index (κ2) is 9.36. The van der Waals surface area contributed by atoms with Crippen molar-refractivity contribution >= 4 is 5.97 Å². The van der Waals surface area contributed by atoms with Gasteiger partial charge in [0.1, 0.15) is 6.61 Å². The smallest absolute Gasteiger partial charge is 0.350 e. The monoisotopic (exact) mass is 346 g/mol. The fourth-order valence-corrected chi connectivity index (χ4v) is 2.05. The number of aryl methyl sites for hydroxylation is 1. The van der Waals surface area contributed by atoms with Gasteiger partial charge in [-0.05, 0) is 31.1 Å². The van der Waals surface area contributed by atoms with E-state index >= 15 is 0 Å². The molecule has 0 spiro atoms. The molecule has 6 nitrogen and oxygen atoms in total. The van der Waals surface area contributed by atoms with Crippen molar-refractivity contribution in [3.8, 4) is 5.88 Å². The van der Waals surface area contributed by atoms with Crippen LogP contribution in [0.5, 0.6) is 5.88 Å². The van der Waals surface area contributed by atoms with Crippen molar-refractivity contribution in [1.29, 1.82) is 0 Å². The number of ether oxygens (including phenoxy) is 2. The molecule has 0 amide bonds. The lowest BCUT2D eigenvalue weighted by atomic mass is 10.2. The number of hydrogen-bond donors (Lipinski definition) is 0. The molecule has 7 heteroatoms. The molecule has 1 aromatic carbocycles. The predicted molar refractivity (Wildman–Crippen MR) is 90.2 cm³/mol. The Morgan fingerprint density at radius 1 is 1.28 bits per heavy atom. The highest BCUT2D eigenvalue weighted by molar-refractivity contribution is 5.89. The van der Waals surface area contributed by atoms with Crippen molar-refractivity contribution in [2.45, 2.75) is 19.9 Å². The zero-order chi connectivity index (χ0) is 18.1. The molecule has 0 atom stereocenters. The standard InChI is InChI=1S/C18H19FN2O4/c1-2-24-16-9-11-21(18(23)20-16)10-8-14(12-19)13-25-17(22)15-6-4-3-5-7-15/h3-7,9,11-12H,2,8,10,13H2,1H3/b14-12+. The van der Waals surface area contributed by atoms with E-state index in [-0.39, 0.29) is 31.0 Å². The van der Waals surface area contributed by atoms with Crippen molar-refractivity contribution in [1.82, 2.24) is 9.55 Å². The van der Waals surface area contributed by atoms with Crippen LogP contribution in [0.25, 0.3) is 0 Å². The van der Waals surface area contributed by atoms with E-state index in [1.54, 1.807) is 43.3 Å². The number of nitrogens with zero attached hydrogens (tertiary/aromatic N) is 2. The number of halogens is 1. The SMILES string of the molecule is CCOc1ccn(CC/C(=C\F)COC(=O)c2ccccc2)c(=O)n1. The summed E-state index contributed by atoms with van der Waals surface area (Å²) >= 11 is 0. The fraction of sp³-hybridized carbons (Fsp3) is 0.278. The molecule has 1 heterocycles. The molecule has 2 aromatic rings. The molecule has 1 aromatic heterocycles. The Morgan fingerprint density at radius 2 is 2.04 bits per heavy atom. The zero-order valence-corrected chi connectivity index (χ0v) is 13.9. The van der Waals surface area contributed by atoms with Crippen LogP contribution in [-0.2, 0) is 11.3 Å². The molecule has 0 aliphatic heterocycles. The van der Waals surface area contributed by atoms with Gasteiger partial charge in [-0.2, -0.15) is 4.98 Å². The summed E-state index contributed by atoms with van der Waals surface area (Å²) in [6, 6.07) is 10.0. The lowest BCUT2D eigenvalue weighted by Gasteiger charge is -2.09. The molecule has 0 N–H and O–H groups in total. The van der Waals surface area contributed by atoms with Gasteiger partial charge < -0.3 is 9.47 Å². The molecule has 25 heavy (non-hydrogen) atoms. The van der Waals surface area contributed by atoms with E-state index in [1.807, 2.05) is 0 Å². The number of rotatable bonds is 8. The largest absolute Gasteiger partial charge is 0.478 e. The summed E-state index contributed by atoms with van der Waals surface area (Å²) in [6.07, 6.45) is 2.14. The van der Waals surface area contributed by atoms with Crippen molar-refractivity contribution in [3.63, 3.8) is 0 Å². The summed E-state index contributed by atoms with van der Waals surface area (Å²) in [6.45, 7) is 2.25. The van der Waals surface area contributed by atoms with Crippen LogP contribution in [0.15, 0.2) is 59.3 Å². The van der Waals surface area contributed by atoms with Crippen LogP contribution in [0.3, 0.4) is 0 Å². The Kier molecular flexibility index (Phi) is 6.88. The third kappa shape index (κ3) is 5.56. The van der Waals surface area contributed by atoms with Crippen LogP contribution in [0.4, 0.5) is 4.39 Å². The van der Waals surface area contributed by atoms with Gasteiger partial charge in [-0.3, -0.25) is 4.57 Å². The summed E-state index contributed by atoms with van der Waals surface area (Å²) in [7, 11) is 0. The van der Waals surface area contributed by atoms with Crippen LogP contribution in [-0.4, -0.2) is 28.7 Å². The Balaban J connectivity index is 1.88. The number of carbonyl (C=O) groups is 1. The third-order valence-electron chi connectivity index (χ3n) is 3.37. The van der Waals surface area contributed by atoms with Crippen LogP contribution in [0, 0.1) is 0 Å². The summed E-state index contributed by atoms with van der Waals surface area (Å²) in [5, 5.41) is 0. The average Bonchev–Trinajstić information content (AvgIpc) is 2.64. The Labute approximate surface area is 144 Å². The second-order valence-corrected chi connectivity index (χ2v) is 5.13. The van der Waals surface area contributed by atoms with Gasteiger partial charge >= 0.3 is 11.7 Å². The molecule has 0 unspecified atom stereocenters. The summed E-state index contributed by atoms with van der Waals surface area (Å²) in [4.78, 5) is 27.4. The maximum Gasteiger partial charge on any atom is 0.350 e. The fourth-order valence-electron chi connectivity index (χ4n) is 2.05. The molecule has 0 saturated heterocycles. The van der Waals surface area contributed by atoms with E-state index in [9.17, 15) is 14.0 Å². The van der Waals surface area contributed by atoms with Crippen LogP contribution in [0.1, 0.15) is 23.7 Å². The molecule has 0 aliphatic carbocycles. The average molecular weight is 346 g/mol. The van der Waals surface area contributed by atoms with E-state index < -0.39 is 11.7 Å². The Bertz CT molecular complexity index is 787. The predicted octanol–water partition coefficient (Wildman–Crippen LogP) is 2.74. The minimum absolute atomic E-state index is 0.177. The maximum atomic E-state index is 13.0. The van der Waals surface area contributed by atoms with Gasteiger partial charge in [0.25, 0.3) is 0 Å². The van der Waals surface area contributed by atoms with Gasteiger partial charge in [-0.25, -0.2) is 14.0 Å². The van der Waals surface area contributed by atoms with Gasteiger partial charge in [0.15, 0.2) is 0 Å². The summed E-state index contributed by atoms with van der Waals surface area (Å²) in [5.41, 5.74) is 0.183. The van der Waals surface area contributed by atoms with Gasteiger partial charge in [-0.1, -0.05) is 18.2 Å². The minimum atomic E-state index is -0.528. The van der Waals surface area contributed by atoms with Crippen molar-refractivity contribution in [3.05, 3.63) is 70.5 Å². The first-order valence-electron chi connectivity index (χ1n) is 7.84. The molecule has 0 radical (unpaired) electrons. The molecule has 2 rings (SSSR count).